The maximum Gasteiger partial charge on any atom is 0.995 e. The van der Waals surface area contributed by atoms with Gasteiger partial charge in [0.05, 0.1) is 5.75 Å². The van der Waals surface area contributed by atoms with Crippen LogP contribution in [0.4, 0.5) is 8.63 Å². The van der Waals surface area contributed by atoms with Crippen LogP contribution >= 0.6 is 0 Å². The minimum atomic E-state index is -4.48. The molecule has 6 rings (SSSR count). The summed E-state index contributed by atoms with van der Waals surface area (Å²) >= 11 is 0. The first-order valence-electron chi connectivity index (χ1n) is 11.1. The van der Waals surface area contributed by atoms with Gasteiger partial charge in [-0.15, -0.1) is 0 Å². The molecular formula is C28H19BF2O3. The van der Waals surface area contributed by atoms with Crippen LogP contribution in [0.2, 0.25) is 0 Å². The van der Waals surface area contributed by atoms with Gasteiger partial charge in [-0.25, -0.2) is 0 Å². The van der Waals surface area contributed by atoms with E-state index in [-0.39, 0.29) is 11.5 Å². The fourth-order valence-corrected chi connectivity index (χ4v) is 4.46. The highest BCUT2D eigenvalue weighted by molar-refractivity contribution is 6.52. The van der Waals surface area contributed by atoms with Gasteiger partial charge in [-0.3, -0.25) is 0 Å². The normalized spacial score (nSPS) is 16.5. The smallest absolute Gasteiger partial charge is 0.569 e. The molecule has 0 aromatic heterocycles. The molecule has 0 aliphatic carbocycles. The summed E-state index contributed by atoms with van der Waals surface area (Å²) < 4.78 is 45.0. The summed E-state index contributed by atoms with van der Waals surface area (Å²) in [6, 6.07) is 28.5. The van der Waals surface area contributed by atoms with Crippen molar-refractivity contribution in [3.8, 4) is 11.5 Å². The van der Waals surface area contributed by atoms with Gasteiger partial charge in [0.2, 0.25) is 0 Å². The van der Waals surface area contributed by atoms with Crippen LogP contribution in [0.25, 0.3) is 16.5 Å². The SMILES string of the molecule is F[B-]1(F)Oc2ccc3ccccc3c2C(/C=C/C2=C(c3ccccc3)Oc3ccccc3C2)=[O+]1. The quantitative estimate of drug-likeness (QED) is 0.192. The molecule has 4 aromatic rings. The Bertz CT molecular complexity index is 1510. The second-order valence-electron chi connectivity index (χ2n) is 8.24. The van der Waals surface area contributed by atoms with Gasteiger partial charge in [0.1, 0.15) is 17.1 Å². The monoisotopic (exact) mass is 452 g/mol. The minimum Gasteiger partial charge on any atom is -0.569 e. The zero-order chi connectivity index (χ0) is 23.1. The van der Waals surface area contributed by atoms with Crippen molar-refractivity contribution in [2.45, 2.75) is 6.42 Å². The van der Waals surface area contributed by atoms with Gasteiger partial charge in [-0.05, 0) is 29.2 Å². The zero-order valence-corrected chi connectivity index (χ0v) is 18.1. The molecule has 3 nitrogen and oxygen atoms in total. The summed E-state index contributed by atoms with van der Waals surface area (Å²) in [7, 11) is -4.48. The van der Waals surface area contributed by atoms with E-state index in [9.17, 15) is 8.63 Å². The highest BCUT2D eigenvalue weighted by atomic mass is 19.3. The Balaban J connectivity index is 1.49. The first kappa shape index (κ1) is 20.4. The molecule has 34 heavy (non-hydrogen) atoms. The van der Waals surface area contributed by atoms with Crippen LogP contribution < -0.4 is 9.39 Å². The van der Waals surface area contributed by atoms with E-state index in [0.29, 0.717) is 17.7 Å². The molecule has 6 heteroatoms. The fraction of sp³-hybridized carbons (Fsp3) is 0.0357. The molecule has 2 aliphatic heterocycles. The van der Waals surface area contributed by atoms with Crippen LogP contribution in [0.3, 0.4) is 0 Å². The molecule has 2 heterocycles. The van der Waals surface area contributed by atoms with E-state index in [4.69, 9.17) is 13.7 Å². The lowest BCUT2D eigenvalue weighted by Gasteiger charge is -2.23. The number of fused-ring (bicyclic) bond motifs is 4. The number of hydrogen-bond donors (Lipinski definition) is 0. The summed E-state index contributed by atoms with van der Waals surface area (Å²) in [5.74, 6) is 1.66. The first-order valence-corrected chi connectivity index (χ1v) is 11.1. The number of allylic oxidation sites excluding steroid dienone is 3. The van der Waals surface area contributed by atoms with Crippen LogP contribution in [0.15, 0.2) is 109 Å². The van der Waals surface area contributed by atoms with Crippen molar-refractivity contribution < 1.29 is 22.4 Å². The van der Waals surface area contributed by atoms with Gasteiger partial charge in [0, 0.05) is 29.0 Å². The average Bonchev–Trinajstić information content (AvgIpc) is 2.86. The maximum absolute atomic E-state index is 14.4. The average molecular weight is 452 g/mol. The second-order valence-corrected chi connectivity index (χ2v) is 8.24. The Hall–Kier alpha value is -4.19. The lowest BCUT2D eigenvalue weighted by molar-refractivity contribution is -0.180. The summed E-state index contributed by atoms with van der Waals surface area (Å²) in [6.45, 7) is 0. The molecule has 2 aliphatic rings. The molecule has 0 spiro atoms. The van der Waals surface area contributed by atoms with E-state index in [2.05, 4.69) is 0 Å². The molecule has 4 aromatic carbocycles. The Kier molecular flexibility index (Phi) is 4.80. The number of rotatable bonds is 3. The molecule has 0 saturated heterocycles. The zero-order valence-electron chi connectivity index (χ0n) is 18.1. The van der Waals surface area contributed by atoms with Gasteiger partial charge in [-0.1, -0.05) is 78.9 Å². The summed E-state index contributed by atoms with van der Waals surface area (Å²) in [5, 5.41) is 1.70. The fourth-order valence-electron chi connectivity index (χ4n) is 4.46. The highest BCUT2D eigenvalue weighted by Crippen LogP contribution is 2.37. The predicted octanol–water partition coefficient (Wildman–Crippen LogP) is 6.93. The van der Waals surface area contributed by atoms with Crippen LogP contribution in [0.1, 0.15) is 21.0 Å². The van der Waals surface area contributed by atoms with Crippen molar-refractivity contribution >= 4 is 29.4 Å². The van der Waals surface area contributed by atoms with Crippen LogP contribution in [-0.2, 0) is 6.42 Å². The summed E-state index contributed by atoms with van der Waals surface area (Å²) in [5.41, 5.74) is 3.32. The second kappa shape index (κ2) is 7.99. The van der Waals surface area contributed by atoms with Crippen LogP contribution in [-0.4, -0.2) is 12.9 Å². The van der Waals surface area contributed by atoms with Crippen molar-refractivity contribution in [2.75, 3.05) is 0 Å². The lowest BCUT2D eigenvalue weighted by Crippen LogP contribution is -2.35. The van der Waals surface area contributed by atoms with Gasteiger partial charge in [0.15, 0.2) is 0 Å². The standard InChI is InChI=1S/C28H19BF2O3/c30-29(31)33-25-16-14-19-8-4-6-12-23(19)27(25)26(34-29)17-15-22-18-21-11-5-7-13-24(21)32-28(22)20-9-2-1-3-10-20/h1-17H,18H2/b17-15+. The van der Waals surface area contributed by atoms with E-state index in [1.807, 2.05) is 78.9 Å². The third kappa shape index (κ3) is 3.67. The molecular weight excluding hydrogens is 433 g/mol. The predicted molar refractivity (Wildman–Crippen MR) is 130 cm³/mol. The highest BCUT2D eigenvalue weighted by Gasteiger charge is 2.53. The van der Waals surface area contributed by atoms with E-state index in [1.165, 1.54) is 0 Å². The molecule has 0 atom stereocenters. The van der Waals surface area contributed by atoms with Crippen molar-refractivity contribution in [3.63, 3.8) is 0 Å². The number of ether oxygens (including phenoxy) is 1. The van der Waals surface area contributed by atoms with E-state index < -0.39 is 7.11 Å². The molecule has 0 N–H and O–H groups in total. The summed E-state index contributed by atoms with van der Waals surface area (Å²) in [6.07, 6.45) is 4.00. The van der Waals surface area contributed by atoms with Gasteiger partial charge < -0.3 is 22.4 Å². The third-order valence-electron chi connectivity index (χ3n) is 5.99. The number of carbonyl (C=O) groups excluding carboxylic acids is 1. The third-order valence-corrected chi connectivity index (χ3v) is 5.99. The molecule has 0 radical (unpaired) electrons. The topological polar surface area (TPSA) is 29.8 Å². The van der Waals surface area contributed by atoms with Crippen LogP contribution in [0.5, 0.6) is 11.5 Å². The van der Waals surface area contributed by atoms with Crippen molar-refractivity contribution in [3.05, 3.63) is 125 Å². The summed E-state index contributed by atoms with van der Waals surface area (Å²) in [4.78, 5) is 0. The van der Waals surface area contributed by atoms with E-state index in [1.54, 1.807) is 24.3 Å². The molecule has 0 fully saturated rings. The van der Waals surface area contributed by atoms with Crippen molar-refractivity contribution in [1.82, 2.24) is 0 Å². The van der Waals surface area contributed by atoms with Crippen LogP contribution in [0, 0.1) is 0 Å². The largest absolute Gasteiger partial charge is 0.995 e. The van der Waals surface area contributed by atoms with E-state index >= 15 is 0 Å². The van der Waals surface area contributed by atoms with Crippen molar-refractivity contribution in [1.29, 1.82) is 0 Å². The molecule has 0 amide bonds. The molecule has 0 bridgehead atoms. The number of benzene rings is 4. The number of para-hydroxylation sites is 1. The van der Waals surface area contributed by atoms with Gasteiger partial charge in [0.25, 0.3) is 5.78 Å². The Morgan fingerprint density at radius 3 is 2.41 bits per heavy atom. The Morgan fingerprint density at radius 2 is 1.53 bits per heavy atom. The van der Waals surface area contributed by atoms with Gasteiger partial charge >= 0.3 is 7.11 Å². The molecule has 0 unspecified atom stereocenters. The minimum absolute atomic E-state index is 0.0711. The number of ketones is 1. The maximum atomic E-state index is 14.4. The molecule has 166 valence electrons. The number of hydrogen-bond acceptors (Lipinski definition) is 2. The van der Waals surface area contributed by atoms with E-state index in [0.717, 1.165) is 33.2 Å². The Labute approximate surface area is 195 Å². The van der Waals surface area contributed by atoms with Crippen molar-refractivity contribution in [2.24, 2.45) is 0 Å². The Morgan fingerprint density at radius 1 is 0.765 bits per heavy atom. The molecule has 0 saturated carbocycles. The van der Waals surface area contributed by atoms with Gasteiger partial charge in [-0.2, -0.15) is 0 Å². The lowest BCUT2D eigenvalue weighted by atomic mass is 9.94. The number of halogens is 2. The first-order chi connectivity index (χ1) is 16.6.